The van der Waals surface area contributed by atoms with Crippen LogP contribution in [0.5, 0.6) is 5.75 Å². The minimum atomic E-state index is -0.122. The lowest BCUT2D eigenvalue weighted by Crippen LogP contribution is -2.24. The van der Waals surface area contributed by atoms with Gasteiger partial charge in [0.05, 0.1) is 18.5 Å². The third kappa shape index (κ3) is 4.28. The number of rotatable bonds is 5. The Labute approximate surface area is 200 Å². The third-order valence-corrected chi connectivity index (χ3v) is 5.95. The van der Waals surface area contributed by atoms with Gasteiger partial charge in [-0.05, 0) is 54.1 Å². The van der Waals surface area contributed by atoms with Gasteiger partial charge < -0.3 is 9.15 Å². The molecule has 0 saturated carbocycles. The van der Waals surface area contributed by atoms with Crippen LogP contribution in [0.15, 0.2) is 112 Å². The molecule has 0 atom stereocenters. The Morgan fingerprint density at radius 1 is 0.879 bits per heavy atom. The molecule has 0 aliphatic carbocycles. The first kappa shape index (κ1) is 21.0. The van der Waals surface area contributed by atoms with Crippen LogP contribution in [-0.2, 0) is 4.79 Å². The molecule has 1 aliphatic heterocycles. The van der Waals surface area contributed by atoms with Crippen LogP contribution < -0.4 is 9.64 Å². The van der Waals surface area contributed by atoms with Crippen molar-refractivity contribution in [1.82, 2.24) is 0 Å². The summed E-state index contributed by atoms with van der Waals surface area (Å²) in [7, 11) is 1.62. The SMILES string of the molecule is COc1cccc(N2C(=O)/C(=C/c3ccc(-c4ccc(Br)cc4)o3)C=C2c2ccccc2)c1. The fraction of sp³-hybridized carbons (Fsp3) is 0.0357. The molecule has 5 rings (SSSR count). The Balaban J connectivity index is 1.54. The number of halogens is 1. The van der Waals surface area contributed by atoms with E-state index in [1.165, 1.54) is 0 Å². The zero-order valence-corrected chi connectivity index (χ0v) is 19.5. The fourth-order valence-corrected chi connectivity index (χ4v) is 4.06. The molecule has 162 valence electrons. The summed E-state index contributed by atoms with van der Waals surface area (Å²) < 4.78 is 12.4. The largest absolute Gasteiger partial charge is 0.497 e. The number of ether oxygens (including phenoxy) is 1. The van der Waals surface area contributed by atoms with E-state index in [0.29, 0.717) is 17.1 Å². The molecule has 0 saturated heterocycles. The monoisotopic (exact) mass is 497 g/mol. The van der Waals surface area contributed by atoms with Crippen LogP contribution in [0.4, 0.5) is 5.69 Å². The van der Waals surface area contributed by atoms with Gasteiger partial charge in [0.15, 0.2) is 0 Å². The first-order chi connectivity index (χ1) is 16.1. The summed E-state index contributed by atoms with van der Waals surface area (Å²) in [6, 6.07) is 29.1. The Morgan fingerprint density at radius 2 is 1.67 bits per heavy atom. The van der Waals surface area contributed by atoms with Crippen LogP contribution in [0.25, 0.3) is 23.1 Å². The van der Waals surface area contributed by atoms with Gasteiger partial charge in [-0.1, -0.05) is 64.5 Å². The first-order valence-corrected chi connectivity index (χ1v) is 11.2. The van der Waals surface area contributed by atoms with Gasteiger partial charge >= 0.3 is 0 Å². The van der Waals surface area contributed by atoms with E-state index in [1.54, 1.807) is 18.1 Å². The van der Waals surface area contributed by atoms with Crippen molar-refractivity contribution in [2.45, 2.75) is 0 Å². The number of carbonyl (C=O) groups excluding carboxylic acids is 1. The second-order valence-electron chi connectivity index (χ2n) is 7.55. The molecule has 33 heavy (non-hydrogen) atoms. The second-order valence-corrected chi connectivity index (χ2v) is 8.46. The van der Waals surface area contributed by atoms with Gasteiger partial charge in [0, 0.05) is 21.7 Å². The van der Waals surface area contributed by atoms with Gasteiger partial charge in [0.25, 0.3) is 5.91 Å². The van der Waals surface area contributed by atoms with Crippen LogP contribution in [0.1, 0.15) is 11.3 Å². The van der Waals surface area contributed by atoms with Crippen molar-refractivity contribution in [3.63, 3.8) is 0 Å². The molecule has 2 heterocycles. The van der Waals surface area contributed by atoms with Crippen LogP contribution in [-0.4, -0.2) is 13.0 Å². The molecule has 1 aliphatic rings. The highest BCUT2D eigenvalue weighted by atomic mass is 79.9. The lowest BCUT2D eigenvalue weighted by atomic mass is 10.1. The smallest absolute Gasteiger partial charge is 0.263 e. The zero-order chi connectivity index (χ0) is 22.8. The van der Waals surface area contributed by atoms with E-state index in [0.717, 1.165) is 32.7 Å². The van der Waals surface area contributed by atoms with Crippen molar-refractivity contribution < 1.29 is 13.9 Å². The second kappa shape index (κ2) is 8.96. The van der Waals surface area contributed by atoms with Gasteiger partial charge in [-0.2, -0.15) is 0 Å². The Morgan fingerprint density at radius 3 is 2.42 bits per heavy atom. The number of hydrogen-bond acceptors (Lipinski definition) is 3. The van der Waals surface area contributed by atoms with Crippen LogP contribution in [0, 0.1) is 0 Å². The average Bonchev–Trinajstić information content (AvgIpc) is 3.45. The highest BCUT2D eigenvalue weighted by molar-refractivity contribution is 9.10. The Kier molecular flexibility index (Phi) is 5.71. The van der Waals surface area contributed by atoms with Gasteiger partial charge in [-0.25, -0.2) is 0 Å². The van der Waals surface area contributed by atoms with Crippen molar-refractivity contribution in [3.05, 3.63) is 118 Å². The number of methoxy groups -OCH3 is 1. The quantitative estimate of drug-likeness (QED) is 0.274. The normalized spacial score (nSPS) is 14.6. The summed E-state index contributed by atoms with van der Waals surface area (Å²) in [6.45, 7) is 0. The maximum Gasteiger partial charge on any atom is 0.263 e. The highest BCUT2D eigenvalue weighted by Gasteiger charge is 2.30. The van der Waals surface area contributed by atoms with E-state index in [9.17, 15) is 4.79 Å². The molecule has 0 bridgehead atoms. The Hall–Kier alpha value is -3.83. The van der Waals surface area contributed by atoms with Crippen molar-refractivity contribution in [3.8, 4) is 17.1 Å². The minimum absolute atomic E-state index is 0.122. The molecule has 0 radical (unpaired) electrons. The van der Waals surface area contributed by atoms with Crippen LogP contribution >= 0.6 is 15.9 Å². The summed E-state index contributed by atoms with van der Waals surface area (Å²) in [6.07, 6.45) is 3.69. The molecular formula is C28H20BrNO3. The molecule has 0 fully saturated rings. The van der Waals surface area contributed by atoms with Crippen molar-refractivity contribution in [2.75, 3.05) is 12.0 Å². The standard InChI is InChI=1S/C28H20BrNO3/c1-32-24-9-5-8-23(18-24)30-26(19-6-3-2-4-7-19)17-21(28(30)31)16-25-14-15-27(33-25)20-10-12-22(29)13-11-20/h2-18H,1H3/b21-16+. The number of amides is 1. The lowest BCUT2D eigenvalue weighted by Gasteiger charge is -2.21. The van der Waals surface area contributed by atoms with E-state index in [2.05, 4.69) is 15.9 Å². The molecular weight excluding hydrogens is 478 g/mol. The predicted molar refractivity (Wildman–Crippen MR) is 135 cm³/mol. The number of anilines is 1. The molecule has 1 amide bonds. The topological polar surface area (TPSA) is 42.7 Å². The highest BCUT2D eigenvalue weighted by Crippen LogP contribution is 2.37. The number of furan rings is 1. The Bertz CT molecular complexity index is 1370. The summed E-state index contributed by atoms with van der Waals surface area (Å²) in [4.78, 5) is 15.2. The van der Waals surface area contributed by atoms with Gasteiger partial charge in [0.2, 0.25) is 0 Å². The maximum absolute atomic E-state index is 13.5. The number of benzene rings is 3. The molecule has 3 aromatic carbocycles. The van der Waals surface area contributed by atoms with E-state index in [-0.39, 0.29) is 5.91 Å². The molecule has 4 nitrogen and oxygen atoms in total. The molecule has 4 aromatic rings. The molecule has 0 unspecified atom stereocenters. The van der Waals surface area contributed by atoms with Crippen LogP contribution in [0.2, 0.25) is 0 Å². The van der Waals surface area contributed by atoms with E-state index < -0.39 is 0 Å². The number of carbonyl (C=O) groups is 1. The van der Waals surface area contributed by atoms with Gasteiger partial charge in [-0.3, -0.25) is 9.69 Å². The molecule has 0 spiro atoms. The van der Waals surface area contributed by atoms with Crippen molar-refractivity contribution in [2.24, 2.45) is 0 Å². The van der Waals surface area contributed by atoms with E-state index >= 15 is 0 Å². The van der Waals surface area contributed by atoms with Crippen LogP contribution in [0.3, 0.4) is 0 Å². The van der Waals surface area contributed by atoms with E-state index in [4.69, 9.17) is 9.15 Å². The minimum Gasteiger partial charge on any atom is -0.497 e. The van der Waals surface area contributed by atoms with Crippen molar-refractivity contribution >= 4 is 39.3 Å². The lowest BCUT2D eigenvalue weighted by molar-refractivity contribution is -0.113. The molecule has 1 aromatic heterocycles. The number of nitrogens with zero attached hydrogens (tertiary/aromatic N) is 1. The van der Waals surface area contributed by atoms with Gasteiger partial charge in [0.1, 0.15) is 17.3 Å². The zero-order valence-electron chi connectivity index (χ0n) is 17.9. The van der Waals surface area contributed by atoms with Gasteiger partial charge in [-0.15, -0.1) is 0 Å². The predicted octanol–water partition coefficient (Wildman–Crippen LogP) is 7.19. The van der Waals surface area contributed by atoms with Crippen molar-refractivity contribution in [1.29, 1.82) is 0 Å². The molecule has 0 N–H and O–H groups in total. The summed E-state index contributed by atoms with van der Waals surface area (Å²) in [5.74, 6) is 1.93. The molecule has 5 heteroatoms. The maximum atomic E-state index is 13.5. The third-order valence-electron chi connectivity index (χ3n) is 5.42. The first-order valence-electron chi connectivity index (χ1n) is 10.5. The summed E-state index contributed by atoms with van der Waals surface area (Å²) >= 11 is 3.45. The number of hydrogen-bond donors (Lipinski definition) is 0. The summed E-state index contributed by atoms with van der Waals surface area (Å²) in [5, 5.41) is 0. The average molecular weight is 498 g/mol. The van der Waals surface area contributed by atoms with E-state index in [1.807, 2.05) is 97.1 Å². The summed E-state index contributed by atoms with van der Waals surface area (Å²) in [5.41, 5.74) is 4.02. The fourth-order valence-electron chi connectivity index (χ4n) is 3.80.